The summed E-state index contributed by atoms with van der Waals surface area (Å²) in [6.45, 7) is 1.83. The average molecular weight is 419 g/mol. The highest BCUT2D eigenvalue weighted by Crippen LogP contribution is 2.47. The van der Waals surface area contributed by atoms with Crippen LogP contribution in [0.2, 0.25) is 0 Å². The molecule has 1 aromatic rings. The molecule has 1 N–H and O–H groups in total. The van der Waals surface area contributed by atoms with Gasteiger partial charge in [-0.25, -0.2) is 12.7 Å². The monoisotopic (exact) mass is 418 g/mol. The Labute approximate surface area is 173 Å². The lowest BCUT2D eigenvalue weighted by molar-refractivity contribution is -0.122. The van der Waals surface area contributed by atoms with Gasteiger partial charge in [-0.05, 0) is 49.7 Å². The number of fused-ring (bicyclic) bond motifs is 1. The van der Waals surface area contributed by atoms with E-state index >= 15 is 0 Å². The van der Waals surface area contributed by atoms with E-state index < -0.39 is 10.0 Å². The number of para-hydroxylation sites is 1. The maximum Gasteiger partial charge on any atom is 0.220 e. The third kappa shape index (κ3) is 4.04. The number of hydrogen-bond donors (Lipinski definition) is 1. The van der Waals surface area contributed by atoms with Crippen LogP contribution in [0.4, 0.5) is 0 Å². The van der Waals surface area contributed by atoms with Crippen molar-refractivity contribution >= 4 is 15.9 Å². The normalized spacial score (nSPS) is 26.6. The number of benzene rings is 1. The second-order valence-electron chi connectivity index (χ2n) is 9.32. The number of rotatable bonds is 6. The summed E-state index contributed by atoms with van der Waals surface area (Å²) < 4.78 is 33.3. The molecule has 1 atom stereocenters. The standard InChI is InChI=1S/C22H30N2O4S/c25-21(23-15-16-5-6-16)13-17-14-22(28-20-4-2-1-3-19(17)20)9-11-24(12-10-22)29(26,27)18-7-8-18/h1-4,16-18H,5-15H2,(H,23,25)/t17-/m0/s1. The summed E-state index contributed by atoms with van der Waals surface area (Å²) in [7, 11) is -3.13. The Morgan fingerprint density at radius 1 is 1.14 bits per heavy atom. The van der Waals surface area contributed by atoms with Gasteiger partial charge < -0.3 is 10.1 Å². The number of carbonyl (C=O) groups excluding carboxylic acids is 1. The van der Waals surface area contributed by atoms with Gasteiger partial charge in [0.05, 0.1) is 5.25 Å². The lowest BCUT2D eigenvalue weighted by Crippen LogP contribution is -2.52. The van der Waals surface area contributed by atoms with Crippen LogP contribution < -0.4 is 10.1 Å². The lowest BCUT2D eigenvalue weighted by Gasteiger charge is -2.46. The summed E-state index contributed by atoms with van der Waals surface area (Å²) in [5, 5.41) is 2.93. The molecule has 0 radical (unpaired) electrons. The van der Waals surface area contributed by atoms with E-state index in [4.69, 9.17) is 4.74 Å². The van der Waals surface area contributed by atoms with Crippen LogP contribution in [0.5, 0.6) is 5.75 Å². The van der Waals surface area contributed by atoms with Crippen molar-refractivity contribution in [2.75, 3.05) is 19.6 Å². The molecule has 3 fully saturated rings. The molecule has 0 bridgehead atoms. The van der Waals surface area contributed by atoms with Gasteiger partial charge in [0.2, 0.25) is 15.9 Å². The fourth-order valence-electron chi connectivity index (χ4n) is 4.83. The van der Waals surface area contributed by atoms with Crippen LogP contribution in [-0.4, -0.2) is 49.1 Å². The number of amides is 1. The molecule has 7 heteroatoms. The third-order valence-electron chi connectivity index (χ3n) is 6.96. The quantitative estimate of drug-likeness (QED) is 0.771. The van der Waals surface area contributed by atoms with E-state index in [-0.39, 0.29) is 22.7 Å². The molecule has 2 aliphatic heterocycles. The number of nitrogens with one attached hydrogen (secondary N) is 1. The predicted octanol–water partition coefficient (Wildman–Crippen LogP) is 2.80. The largest absolute Gasteiger partial charge is 0.487 e. The van der Waals surface area contributed by atoms with E-state index in [1.54, 1.807) is 4.31 Å². The molecular formula is C22H30N2O4S. The van der Waals surface area contributed by atoms with Crippen LogP contribution in [0.25, 0.3) is 0 Å². The predicted molar refractivity (Wildman–Crippen MR) is 110 cm³/mol. The topological polar surface area (TPSA) is 75.7 Å². The van der Waals surface area contributed by atoms with Gasteiger partial charge in [0.1, 0.15) is 11.4 Å². The van der Waals surface area contributed by atoms with Crippen molar-refractivity contribution in [1.29, 1.82) is 0 Å². The molecule has 1 spiro atoms. The maximum atomic E-state index is 12.6. The van der Waals surface area contributed by atoms with Crippen LogP contribution in [-0.2, 0) is 14.8 Å². The Morgan fingerprint density at radius 2 is 1.86 bits per heavy atom. The Morgan fingerprint density at radius 3 is 2.55 bits per heavy atom. The molecule has 5 rings (SSSR count). The first-order valence-electron chi connectivity index (χ1n) is 11.0. The highest BCUT2D eigenvalue weighted by atomic mass is 32.2. The van der Waals surface area contributed by atoms with Crippen LogP contribution in [0.1, 0.15) is 62.8 Å². The van der Waals surface area contributed by atoms with E-state index in [0.717, 1.165) is 37.1 Å². The second kappa shape index (κ2) is 7.27. The molecule has 6 nitrogen and oxygen atoms in total. The minimum atomic E-state index is -3.13. The Kier molecular flexibility index (Phi) is 4.86. The Hall–Kier alpha value is -1.60. The van der Waals surface area contributed by atoms with Gasteiger partial charge in [-0.15, -0.1) is 0 Å². The van der Waals surface area contributed by atoms with Crippen LogP contribution in [0.15, 0.2) is 24.3 Å². The highest BCUT2D eigenvalue weighted by molar-refractivity contribution is 7.90. The molecule has 2 saturated carbocycles. The molecule has 0 unspecified atom stereocenters. The summed E-state index contributed by atoms with van der Waals surface area (Å²) in [6, 6.07) is 8.02. The lowest BCUT2D eigenvalue weighted by atomic mass is 9.76. The maximum absolute atomic E-state index is 12.6. The number of sulfonamides is 1. The van der Waals surface area contributed by atoms with Gasteiger partial charge in [-0.3, -0.25) is 4.79 Å². The van der Waals surface area contributed by atoms with E-state index in [1.165, 1.54) is 12.8 Å². The van der Waals surface area contributed by atoms with Gasteiger partial charge in [0, 0.05) is 44.8 Å². The van der Waals surface area contributed by atoms with Gasteiger partial charge in [0.15, 0.2) is 0 Å². The van der Waals surface area contributed by atoms with Crippen molar-refractivity contribution in [2.45, 2.75) is 68.1 Å². The molecule has 1 amide bonds. The van der Waals surface area contributed by atoms with Gasteiger partial charge in [0.25, 0.3) is 0 Å². The smallest absolute Gasteiger partial charge is 0.220 e. The molecule has 4 aliphatic rings. The number of ether oxygens (including phenoxy) is 1. The second-order valence-corrected chi connectivity index (χ2v) is 11.5. The zero-order valence-electron chi connectivity index (χ0n) is 16.8. The van der Waals surface area contributed by atoms with Gasteiger partial charge in [-0.1, -0.05) is 18.2 Å². The number of hydrogen-bond acceptors (Lipinski definition) is 4. The van der Waals surface area contributed by atoms with Crippen molar-refractivity contribution in [2.24, 2.45) is 5.92 Å². The fourth-order valence-corrected chi connectivity index (χ4v) is 6.68. The number of carbonyl (C=O) groups is 1. The van der Waals surface area contributed by atoms with E-state index in [2.05, 4.69) is 11.4 Å². The van der Waals surface area contributed by atoms with Gasteiger partial charge >= 0.3 is 0 Å². The number of piperidine rings is 1. The van der Waals surface area contributed by atoms with Crippen molar-refractivity contribution in [3.8, 4) is 5.75 Å². The molecule has 2 aliphatic carbocycles. The molecule has 1 saturated heterocycles. The summed E-state index contributed by atoms with van der Waals surface area (Å²) in [5.41, 5.74) is 0.735. The third-order valence-corrected chi connectivity index (χ3v) is 9.36. The summed E-state index contributed by atoms with van der Waals surface area (Å²) >= 11 is 0. The van der Waals surface area contributed by atoms with E-state index in [9.17, 15) is 13.2 Å². The van der Waals surface area contributed by atoms with Crippen molar-refractivity contribution in [1.82, 2.24) is 9.62 Å². The van der Waals surface area contributed by atoms with Crippen molar-refractivity contribution in [3.63, 3.8) is 0 Å². The Balaban J connectivity index is 1.29. The summed E-state index contributed by atoms with van der Waals surface area (Å²) in [5.74, 6) is 1.76. The summed E-state index contributed by atoms with van der Waals surface area (Å²) in [4.78, 5) is 12.6. The molecule has 29 heavy (non-hydrogen) atoms. The van der Waals surface area contributed by atoms with E-state index in [0.29, 0.717) is 38.3 Å². The zero-order chi connectivity index (χ0) is 20.1. The van der Waals surface area contributed by atoms with Crippen molar-refractivity contribution < 1.29 is 17.9 Å². The highest BCUT2D eigenvalue weighted by Gasteiger charge is 2.48. The zero-order valence-corrected chi connectivity index (χ0v) is 17.6. The molecule has 2 heterocycles. The number of nitrogens with zero attached hydrogens (tertiary/aromatic N) is 1. The SMILES string of the molecule is O=C(C[C@H]1CC2(CCN(S(=O)(=O)C3CC3)CC2)Oc2ccccc21)NCC1CC1. The molecule has 1 aromatic carbocycles. The first-order chi connectivity index (χ1) is 14.0. The minimum absolute atomic E-state index is 0.113. The van der Waals surface area contributed by atoms with Crippen molar-refractivity contribution in [3.05, 3.63) is 29.8 Å². The minimum Gasteiger partial charge on any atom is -0.487 e. The van der Waals surface area contributed by atoms with Crippen LogP contribution in [0, 0.1) is 5.92 Å². The Bertz CT molecular complexity index is 884. The first-order valence-corrected chi connectivity index (χ1v) is 12.5. The van der Waals surface area contributed by atoms with Crippen LogP contribution in [0.3, 0.4) is 0 Å². The molecule has 0 aromatic heterocycles. The molecule has 158 valence electrons. The fraction of sp³-hybridized carbons (Fsp3) is 0.682. The average Bonchev–Trinajstić information content (AvgIpc) is 3.60. The van der Waals surface area contributed by atoms with Crippen LogP contribution >= 0.6 is 0 Å². The summed E-state index contributed by atoms with van der Waals surface area (Å²) in [6.07, 6.45) is 6.67. The molecular weight excluding hydrogens is 388 g/mol. The van der Waals surface area contributed by atoms with E-state index in [1.807, 2.05) is 18.2 Å². The first kappa shape index (κ1) is 19.4. The van der Waals surface area contributed by atoms with Gasteiger partial charge in [-0.2, -0.15) is 0 Å².